The molecule has 0 aliphatic heterocycles. The molecule has 0 spiro atoms. The van der Waals surface area contributed by atoms with Crippen LogP contribution in [0, 0.1) is 0 Å². The number of rotatable bonds is 4. The van der Waals surface area contributed by atoms with Crippen LogP contribution < -0.4 is 4.74 Å². The maximum atomic E-state index is 11.4. The molecule has 0 radical (unpaired) electrons. The summed E-state index contributed by atoms with van der Waals surface area (Å²) >= 11 is 0. The summed E-state index contributed by atoms with van der Waals surface area (Å²) in [5, 5.41) is 9.37. The van der Waals surface area contributed by atoms with E-state index in [1.807, 2.05) is 36.4 Å². The van der Waals surface area contributed by atoms with E-state index in [4.69, 9.17) is 4.74 Å². The first-order chi connectivity index (χ1) is 9.88. The zero-order valence-electron chi connectivity index (χ0n) is 12.6. The van der Waals surface area contributed by atoms with Crippen molar-refractivity contribution in [2.24, 2.45) is 0 Å². The molecule has 21 heavy (non-hydrogen) atoms. The minimum atomic E-state index is -0.968. The second-order valence-electron chi connectivity index (χ2n) is 6.04. The van der Waals surface area contributed by atoms with E-state index < -0.39 is 5.97 Å². The molecule has 3 heteroatoms. The third-order valence-corrected chi connectivity index (χ3v) is 3.31. The van der Waals surface area contributed by atoms with E-state index in [-0.39, 0.29) is 11.0 Å². The molecular weight excluding hydrogens is 264 g/mol. The van der Waals surface area contributed by atoms with Crippen LogP contribution in [-0.4, -0.2) is 11.1 Å². The minimum absolute atomic E-state index is 0.0951. The summed E-state index contributed by atoms with van der Waals surface area (Å²) in [7, 11) is 0. The van der Waals surface area contributed by atoms with E-state index in [1.54, 1.807) is 12.1 Å². The summed E-state index contributed by atoms with van der Waals surface area (Å²) in [6.45, 7) is 6.52. The molecule has 0 fully saturated rings. The van der Waals surface area contributed by atoms with Crippen molar-refractivity contribution in [3.05, 3.63) is 65.2 Å². The van der Waals surface area contributed by atoms with Crippen molar-refractivity contribution in [1.82, 2.24) is 0 Å². The summed E-state index contributed by atoms with van der Waals surface area (Å²) in [5.41, 5.74) is 2.10. The fraction of sp³-hybridized carbons (Fsp3) is 0.278. The van der Waals surface area contributed by atoms with Gasteiger partial charge in [0.15, 0.2) is 0 Å². The van der Waals surface area contributed by atoms with Crippen molar-refractivity contribution in [2.45, 2.75) is 32.8 Å². The summed E-state index contributed by atoms with van der Waals surface area (Å²) in [5.74, 6) is -0.566. The smallest absolute Gasteiger partial charge is 0.339 e. The fourth-order valence-electron chi connectivity index (χ4n) is 2.02. The Labute approximate surface area is 125 Å². The molecule has 0 amide bonds. The summed E-state index contributed by atoms with van der Waals surface area (Å²) in [6.07, 6.45) is 0. The second-order valence-corrected chi connectivity index (χ2v) is 6.04. The van der Waals surface area contributed by atoms with Gasteiger partial charge >= 0.3 is 5.97 Å². The Bertz CT molecular complexity index is 625. The minimum Gasteiger partial charge on any atom is -0.488 e. The molecule has 2 aromatic rings. The predicted molar refractivity (Wildman–Crippen MR) is 82.9 cm³/mol. The van der Waals surface area contributed by atoms with Crippen LogP contribution in [0.3, 0.4) is 0 Å². The largest absolute Gasteiger partial charge is 0.488 e. The average Bonchev–Trinajstić information content (AvgIpc) is 2.45. The first kappa shape index (κ1) is 15.1. The lowest BCUT2D eigenvalue weighted by Crippen LogP contribution is -2.13. The van der Waals surface area contributed by atoms with E-state index >= 15 is 0 Å². The zero-order chi connectivity index (χ0) is 15.5. The van der Waals surface area contributed by atoms with Gasteiger partial charge in [0.05, 0.1) is 0 Å². The van der Waals surface area contributed by atoms with E-state index in [9.17, 15) is 9.90 Å². The van der Waals surface area contributed by atoms with Crippen LogP contribution in [0.1, 0.15) is 42.3 Å². The number of aromatic carboxylic acids is 1. The number of benzene rings is 2. The van der Waals surface area contributed by atoms with Crippen molar-refractivity contribution < 1.29 is 14.6 Å². The lowest BCUT2D eigenvalue weighted by molar-refractivity contribution is 0.0691. The summed E-state index contributed by atoms with van der Waals surface area (Å²) < 4.78 is 5.67. The van der Waals surface area contributed by atoms with Gasteiger partial charge in [0.1, 0.15) is 17.9 Å². The predicted octanol–water partition coefficient (Wildman–Crippen LogP) is 4.26. The Morgan fingerprint density at radius 2 is 1.76 bits per heavy atom. The van der Waals surface area contributed by atoms with Gasteiger partial charge in [0.2, 0.25) is 0 Å². The van der Waals surface area contributed by atoms with Crippen LogP contribution >= 0.6 is 0 Å². The third kappa shape index (κ3) is 3.85. The van der Waals surface area contributed by atoms with Gasteiger partial charge in [-0.05, 0) is 28.7 Å². The van der Waals surface area contributed by atoms with E-state index in [0.29, 0.717) is 12.4 Å². The Kier molecular flexibility index (Phi) is 4.32. The van der Waals surface area contributed by atoms with Crippen molar-refractivity contribution in [2.75, 3.05) is 0 Å². The van der Waals surface area contributed by atoms with Gasteiger partial charge in [0, 0.05) is 0 Å². The topological polar surface area (TPSA) is 46.5 Å². The highest BCUT2D eigenvalue weighted by Crippen LogP contribution is 2.28. The molecule has 0 unspecified atom stereocenters. The molecule has 0 heterocycles. The van der Waals surface area contributed by atoms with Crippen LogP contribution in [0.25, 0.3) is 0 Å². The molecule has 0 aromatic heterocycles. The summed E-state index contributed by atoms with van der Waals surface area (Å²) in [6, 6.07) is 15.1. The number of ether oxygens (including phenoxy) is 1. The van der Waals surface area contributed by atoms with Crippen molar-refractivity contribution >= 4 is 5.97 Å². The maximum Gasteiger partial charge on any atom is 0.339 e. The van der Waals surface area contributed by atoms with Gasteiger partial charge < -0.3 is 9.84 Å². The molecule has 2 aromatic carbocycles. The number of carbonyl (C=O) groups is 1. The van der Waals surface area contributed by atoms with Crippen LogP contribution in [0.4, 0.5) is 0 Å². The van der Waals surface area contributed by atoms with Crippen LogP contribution in [0.5, 0.6) is 5.75 Å². The van der Waals surface area contributed by atoms with E-state index in [0.717, 1.165) is 11.1 Å². The molecule has 0 bridgehead atoms. The Morgan fingerprint density at radius 3 is 2.33 bits per heavy atom. The first-order valence-corrected chi connectivity index (χ1v) is 6.92. The molecule has 110 valence electrons. The maximum absolute atomic E-state index is 11.4. The van der Waals surface area contributed by atoms with Crippen molar-refractivity contribution in [3.8, 4) is 5.75 Å². The Balaban J connectivity index is 2.25. The molecule has 0 aliphatic rings. The first-order valence-electron chi connectivity index (χ1n) is 6.92. The van der Waals surface area contributed by atoms with Gasteiger partial charge in [-0.1, -0.05) is 57.2 Å². The number of carboxylic acids is 1. The zero-order valence-corrected chi connectivity index (χ0v) is 12.6. The van der Waals surface area contributed by atoms with Gasteiger partial charge in [-0.15, -0.1) is 0 Å². The number of hydrogen-bond acceptors (Lipinski definition) is 2. The molecule has 0 atom stereocenters. The van der Waals surface area contributed by atoms with Crippen LogP contribution in [0.2, 0.25) is 0 Å². The molecule has 1 N–H and O–H groups in total. The highest BCUT2D eigenvalue weighted by Gasteiger charge is 2.19. The van der Waals surface area contributed by atoms with Gasteiger partial charge in [-0.2, -0.15) is 0 Å². The van der Waals surface area contributed by atoms with Crippen LogP contribution in [-0.2, 0) is 12.0 Å². The molecule has 0 aliphatic carbocycles. The standard InChI is InChI=1S/C18H20O3/c1-18(2,3)14-9-10-16(15(11-14)17(19)20)21-12-13-7-5-4-6-8-13/h4-11H,12H2,1-3H3,(H,19,20). The Morgan fingerprint density at radius 1 is 1.10 bits per heavy atom. The number of hydrogen-bond donors (Lipinski definition) is 1. The normalized spacial score (nSPS) is 11.2. The SMILES string of the molecule is CC(C)(C)c1ccc(OCc2ccccc2)c(C(=O)O)c1. The Hall–Kier alpha value is -2.29. The highest BCUT2D eigenvalue weighted by atomic mass is 16.5. The average molecular weight is 284 g/mol. The molecule has 3 nitrogen and oxygen atoms in total. The van der Waals surface area contributed by atoms with E-state index in [1.165, 1.54) is 0 Å². The fourth-order valence-corrected chi connectivity index (χ4v) is 2.02. The van der Waals surface area contributed by atoms with Gasteiger partial charge in [-0.3, -0.25) is 0 Å². The lowest BCUT2D eigenvalue weighted by Gasteiger charge is -2.20. The highest BCUT2D eigenvalue weighted by molar-refractivity contribution is 5.91. The molecule has 0 saturated heterocycles. The van der Waals surface area contributed by atoms with Gasteiger partial charge in [0.25, 0.3) is 0 Å². The number of carboxylic acid groups (broad SMARTS) is 1. The van der Waals surface area contributed by atoms with Crippen molar-refractivity contribution in [3.63, 3.8) is 0 Å². The van der Waals surface area contributed by atoms with Gasteiger partial charge in [-0.25, -0.2) is 4.79 Å². The van der Waals surface area contributed by atoms with E-state index in [2.05, 4.69) is 20.8 Å². The quantitative estimate of drug-likeness (QED) is 0.912. The second kappa shape index (κ2) is 6.00. The van der Waals surface area contributed by atoms with Crippen LogP contribution in [0.15, 0.2) is 48.5 Å². The molecule has 2 rings (SSSR count). The van der Waals surface area contributed by atoms with Crippen molar-refractivity contribution in [1.29, 1.82) is 0 Å². The monoisotopic (exact) mass is 284 g/mol. The lowest BCUT2D eigenvalue weighted by atomic mass is 9.86. The third-order valence-electron chi connectivity index (χ3n) is 3.31. The summed E-state index contributed by atoms with van der Waals surface area (Å²) in [4.78, 5) is 11.4. The molecule has 0 saturated carbocycles. The molecular formula is C18H20O3.